The zero-order valence-corrected chi connectivity index (χ0v) is 12.3. The Morgan fingerprint density at radius 1 is 0.810 bits per heavy atom. The monoisotopic (exact) mass is 298 g/mol. The first-order chi connectivity index (χ1) is 10.1. The second-order valence-corrected chi connectivity index (χ2v) is 6.33. The van der Waals surface area contributed by atoms with E-state index in [-0.39, 0.29) is 4.90 Å². The summed E-state index contributed by atoms with van der Waals surface area (Å²) in [6, 6.07) is 19.7. The summed E-state index contributed by atoms with van der Waals surface area (Å²) in [5, 5.41) is 1.98. The zero-order chi connectivity index (χ0) is 14.9. The molecule has 0 spiro atoms. The van der Waals surface area contributed by atoms with Crippen LogP contribution < -0.4 is 4.18 Å². The van der Waals surface area contributed by atoms with Crippen LogP contribution in [0.4, 0.5) is 0 Å². The van der Waals surface area contributed by atoms with Crippen LogP contribution in [-0.4, -0.2) is 8.42 Å². The van der Waals surface area contributed by atoms with Crippen molar-refractivity contribution in [2.75, 3.05) is 0 Å². The van der Waals surface area contributed by atoms with Crippen LogP contribution in [0.3, 0.4) is 0 Å². The molecule has 4 heteroatoms. The van der Waals surface area contributed by atoms with Crippen LogP contribution in [-0.2, 0) is 10.1 Å². The Kier molecular flexibility index (Phi) is 3.39. The lowest BCUT2D eigenvalue weighted by Crippen LogP contribution is -2.11. The molecular weight excluding hydrogens is 284 g/mol. The van der Waals surface area contributed by atoms with Gasteiger partial charge in [0.05, 0.1) is 0 Å². The molecule has 106 valence electrons. The zero-order valence-electron chi connectivity index (χ0n) is 11.5. The molecule has 0 atom stereocenters. The average molecular weight is 298 g/mol. The molecule has 0 heterocycles. The predicted octanol–water partition coefficient (Wildman–Crippen LogP) is 3.92. The molecule has 0 radical (unpaired) electrons. The maximum atomic E-state index is 12.3. The fraction of sp³-hybridized carbons (Fsp3) is 0.0588. The van der Waals surface area contributed by atoms with Crippen molar-refractivity contribution in [2.45, 2.75) is 11.8 Å². The second-order valence-electron chi connectivity index (χ2n) is 4.81. The third-order valence-electron chi connectivity index (χ3n) is 3.29. The van der Waals surface area contributed by atoms with Crippen LogP contribution in [0.1, 0.15) is 5.56 Å². The first kappa shape index (κ1) is 13.6. The molecule has 0 bridgehead atoms. The summed E-state index contributed by atoms with van der Waals surface area (Å²) in [5.41, 5.74) is 0.665. The van der Waals surface area contributed by atoms with Gasteiger partial charge in [0.25, 0.3) is 0 Å². The largest absolute Gasteiger partial charge is 0.379 e. The highest BCUT2D eigenvalue weighted by atomic mass is 32.2. The van der Waals surface area contributed by atoms with Crippen LogP contribution in [0, 0.1) is 6.92 Å². The van der Waals surface area contributed by atoms with Gasteiger partial charge >= 0.3 is 10.1 Å². The van der Waals surface area contributed by atoms with E-state index in [0.29, 0.717) is 11.3 Å². The third kappa shape index (κ3) is 2.76. The molecule has 0 unspecified atom stereocenters. The number of aryl methyl sites for hydroxylation is 1. The fourth-order valence-electron chi connectivity index (χ4n) is 2.23. The van der Waals surface area contributed by atoms with Gasteiger partial charge in [-0.25, -0.2) is 0 Å². The van der Waals surface area contributed by atoms with E-state index in [2.05, 4.69) is 0 Å². The van der Waals surface area contributed by atoms with Gasteiger partial charge in [-0.05, 0) is 41.5 Å². The van der Waals surface area contributed by atoms with Crippen molar-refractivity contribution in [2.24, 2.45) is 0 Å². The van der Waals surface area contributed by atoms with E-state index >= 15 is 0 Å². The molecule has 3 rings (SSSR count). The molecular formula is C17H14O3S. The van der Waals surface area contributed by atoms with Crippen LogP contribution >= 0.6 is 0 Å². The molecule has 0 amide bonds. The molecule has 0 N–H and O–H groups in total. The van der Waals surface area contributed by atoms with E-state index in [1.165, 1.54) is 0 Å². The minimum atomic E-state index is -3.81. The van der Waals surface area contributed by atoms with Crippen LogP contribution in [0.5, 0.6) is 5.75 Å². The van der Waals surface area contributed by atoms with Crippen molar-refractivity contribution in [1.29, 1.82) is 0 Å². The van der Waals surface area contributed by atoms with Crippen molar-refractivity contribution in [1.82, 2.24) is 0 Å². The predicted molar refractivity (Wildman–Crippen MR) is 82.9 cm³/mol. The van der Waals surface area contributed by atoms with Crippen LogP contribution in [0.15, 0.2) is 71.6 Å². The molecule has 0 aliphatic carbocycles. The number of hydrogen-bond acceptors (Lipinski definition) is 3. The van der Waals surface area contributed by atoms with E-state index in [1.807, 2.05) is 30.3 Å². The Bertz CT molecular complexity index is 899. The van der Waals surface area contributed by atoms with Crippen molar-refractivity contribution in [3.8, 4) is 5.75 Å². The van der Waals surface area contributed by atoms with E-state index in [1.54, 1.807) is 43.3 Å². The van der Waals surface area contributed by atoms with Crippen molar-refractivity contribution >= 4 is 20.9 Å². The van der Waals surface area contributed by atoms with Gasteiger partial charge in [-0.3, -0.25) is 0 Å². The van der Waals surface area contributed by atoms with Gasteiger partial charge in [0.15, 0.2) is 0 Å². The summed E-state index contributed by atoms with van der Waals surface area (Å²) in [6.07, 6.45) is 0. The van der Waals surface area contributed by atoms with Gasteiger partial charge in [0, 0.05) is 0 Å². The fourth-order valence-corrected chi connectivity index (χ4v) is 3.38. The van der Waals surface area contributed by atoms with E-state index in [0.717, 1.165) is 10.8 Å². The van der Waals surface area contributed by atoms with E-state index < -0.39 is 10.1 Å². The lowest BCUT2D eigenvalue weighted by atomic mass is 10.1. The number of rotatable bonds is 3. The Balaban J connectivity index is 1.99. The normalized spacial score (nSPS) is 11.5. The highest BCUT2D eigenvalue weighted by Crippen LogP contribution is 2.24. The summed E-state index contributed by atoms with van der Waals surface area (Å²) in [6.45, 7) is 1.75. The lowest BCUT2D eigenvalue weighted by Gasteiger charge is -2.09. The summed E-state index contributed by atoms with van der Waals surface area (Å²) in [4.78, 5) is 0.193. The molecule has 3 aromatic carbocycles. The molecule has 0 fully saturated rings. The minimum Gasteiger partial charge on any atom is -0.379 e. The van der Waals surface area contributed by atoms with Crippen molar-refractivity contribution in [3.63, 3.8) is 0 Å². The molecule has 0 aromatic heterocycles. The number of fused-ring (bicyclic) bond motifs is 1. The lowest BCUT2D eigenvalue weighted by molar-refractivity contribution is 0.486. The van der Waals surface area contributed by atoms with Crippen molar-refractivity contribution in [3.05, 3.63) is 72.3 Å². The first-order valence-electron chi connectivity index (χ1n) is 6.55. The molecule has 0 aliphatic rings. The minimum absolute atomic E-state index is 0.193. The van der Waals surface area contributed by atoms with Gasteiger partial charge in [-0.2, -0.15) is 8.42 Å². The highest BCUT2D eigenvalue weighted by Gasteiger charge is 2.18. The summed E-state index contributed by atoms with van der Waals surface area (Å²) >= 11 is 0. The van der Waals surface area contributed by atoms with Crippen molar-refractivity contribution < 1.29 is 12.6 Å². The molecule has 0 aliphatic heterocycles. The summed E-state index contributed by atoms with van der Waals surface area (Å²) in [7, 11) is -3.81. The Labute approximate surface area is 123 Å². The smallest absolute Gasteiger partial charge is 0.339 e. The maximum Gasteiger partial charge on any atom is 0.339 e. The standard InChI is InChI=1S/C17H14O3S/c1-13-6-2-5-9-17(13)21(18,19)20-16-11-10-14-7-3-4-8-15(14)12-16/h2-12H,1H3. The van der Waals surface area contributed by atoms with Gasteiger partial charge in [-0.15, -0.1) is 0 Å². The quantitative estimate of drug-likeness (QED) is 0.688. The number of benzene rings is 3. The maximum absolute atomic E-state index is 12.3. The number of hydrogen-bond donors (Lipinski definition) is 0. The summed E-state index contributed by atoms with van der Waals surface area (Å²) in [5.74, 6) is 0.317. The Morgan fingerprint density at radius 2 is 1.48 bits per heavy atom. The van der Waals surface area contributed by atoms with E-state index in [9.17, 15) is 8.42 Å². The highest BCUT2D eigenvalue weighted by molar-refractivity contribution is 7.87. The van der Waals surface area contributed by atoms with Gasteiger partial charge in [0.2, 0.25) is 0 Å². The molecule has 0 saturated carbocycles. The summed E-state index contributed by atoms with van der Waals surface area (Å²) < 4.78 is 29.9. The van der Waals surface area contributed by atoms with Gasteiger partial charge in [0.1, 0.15) is 10.6 Å². The SMILES string of the molecule is Cc1ccccc1S(=O)(=O)Oc1ccc2ccccc2c1. The topological polar surface area (TPSA) is 43.4 Å². The van der Waals surface area contributed by atoms with Gasteiger partial charge < -0.3 is 4.18 Å². The van der Waals surface area contributed by atoms with Crippen LogP contribution in [0.2, 0.25) is 0 Å². The molecule has 3 nitrogen and oxygen atoms in total. The Hall–Kier alpha value is -2.33. The van der Waals surface area contributed by atoms with Gasteiger partial charge in [-0.1, -0.05) is 48.5 Å². The first-order valence-corrected chi connectivity index (χ1v) is 7.96. The molecule has 0 saturated heterocycles. The third-order valence-corrected chi connectivity index (χ3v) is 4.70. The van der Waals surface area contributed by atoms with E-state index in [4.69, 9.17) is 4.18 Å². The second kappa shape index (κ2) is 5.22. The average Bonchev–Trinajstić information content (AvgIpc) is 2.47. The molecule has 3 aromatic rings. The van der Waals surface area contributed by atoms with Crippen LogP contribution in [0.25, 0.3) is 10.8 Å². The molecule has 21 heavy (non-hydrogen) atoms. The Morgan fingerprint density at radius 3 is 2.24 bits per heavy atom.